The summed E-state index contributed by atoms with van der Waals surface area (Å²) in [6.45, 7) is 1.89. The molecule has 2 nitrogen and oxygen atoms in total. The maximum Gasteiger partial charge on any atom is 0.237 e. The minimum Gasteiger partial charge on any atom is -0.325 e. The van der Waals surface area contributed by atoms with E-state index in [-0.39, 0.29) is 11.2 Å². The summed E-state index contributed by atoms with van der Waals surface area (Å²) in [5.41, 5.74) is 0.824. The molecule has 0 bridgehead atoms. The number of rotatable bonds is 3. The second-order valence-electron chi connectivity index (χ2n) is 2.88. The quantitative estimate of drug-likeness (QED) is 0.917. The Hall–Kier alpha value is -0.480. The Bertz CT molecular complexity index is 330. The lowest BCUT2D eigenvalue weighted by atomic mass is 10.3. The van der Waals surface area contributed by atoms with Crippen LogP contribution in [-0.2, 0) is 4.79 Å². The molecule has 0 fully saturated rings. The fourth-order valence-corrected chi connectivity index (χ4v) is 1.59. The van der Waals surface area contributed by atoms with Crippen molar-refractivity contribution < 1.29 is 4.79 Å². The fraction of sp³-hybridized carbons (Fsp3) is 0.300. The van der Waals surface area contributed by atoms with Gasteiger partial charge in [-0.1, -0.05) is 22.0 Å². The van der Waals surface area contributed by atoms with Crippen LogP contribution in [0.1, 0.15) is 6.92 Å². The molecule has 4 heteroatoms. The normalized spacial score (nSPS) is 12.2. The van der Waals surface area contributed by atoms with E-state index < -0.39 is 0 Å². The Kier molecular flexibility index (Phi) is 4.48. The van der Waals surface area contributed by atoms with Crippen LogP contribution in [0.15, 0.2) is 28.7 Å². The van der Waals surface area contributed by atoms with Crippen LogP contribution >= 0.6 is 27.7 Å². The van der Waals surface area contributed by atoms with E-state index >= 15 is 0 Å². The van der Waals surface area contributed by atoms with Crippen molar-refractivity contribution in [1.82, 2.24) is 0 Å². The summed E-state index contributed by atoms with van der Waals surface area (Å²) >= 11 is 4.88. The van der Waals surface area contributed by atoms with E-state index in [0.29, 0.717) is 0 Å². The minimum absolute atomic E-state index is 0.0195. The van der Waals surface area contributed by atoms with Crippen molar-refractivity contribution in [3.05, 3.63) is 28.7 Å². The average Bonchev–Trinajstić information content (AvgIpc) is 2.16. The van der Waals surface area contributed by atoms with Crippen molar-refractivity contribution >= 4 is 39.3 Å². The Labute approximate surface area is 96.6 Å². The molecule has 0 aliphatic heterocycles. The maximum absolute atomic E-state index is 11.5. The first-order chi connectivity index (χ1) is 6.63. The largest absolute Gasteiger partial charge is 0.325 e. The summed E-state index contributed by atoms with van der Waals surface area (Å²) in [5, 5.41) is 2.82. The van der Waals surface area contributed by atoms with E-state index in [1.165, 1.54) is 11.8 Å². The summed E-state index contributed by atoms with van der Waals surface area (Å²) < 4.78 is 0.965. The summed E-state index contributed by atoms with van der Waals surface area (Å²) in [6.07, 6.45) is 1.92. The molecule has 0 heterocycles. The molecule has 1 atom stereocenters. The molecule has 0 spiro atoms. The minimum atomic E-state index is -0.0195. The smallest absolute Gasteiger partial charge is 0.237 e. The van der Waals surface area contributed by atoms with Gasteiger partial charge in [-0.2, -0.15) is 11.8 Å². The van der Waals surface area contributed by atoms with Crippen LogP contribution in [0.3, 0.4) is 0 Å². The molecule has 0 aliphatic carbocycles. The number of thioether (sulfide) groups is 1. The van der Waals surface area contributed by atoms with Crippen molar-refractivity contribution in [1.29, 1.82) is 0 Å². The lowest BCUT2D eigenvalue weighted by Gasteiger charge is -2.09. The molecule has 1 N–H and O–H groups in total. The lowest BCUT2D eigenvalue weighted by molar-refractivity contribution is -0.115. The van der Waals surface area contributed by atoms with Crippen molar-refractivity contribution in [2.75, 3.05) is 11.6 Å². The monoisotopic (exact) mass is 273 g/mol. The summed E-state index contributed by atoms with van der Waals surface area (Å²) in [7, 11) is 0. The number of benzene rings is 1. The van der Waals surface area contributed by atoms with Crippen molar-refractivity contribution in [2.24, 2.45) is 0 Å². The second-order valence-corrected chi connectivity index (χ2v) is 4.97. The van der Waals surface area contributed by atoms with Gasteiger partial charge in [0.15, 0.2) is 0 Å². The Morgan fingerprint density at radius 2 is 2.29 bits per heavy atom. The van der Waals surface area contributed by atoms with E-state index in [9.17, 15) is 4.79 Å². The first-order valence-corrected chi connectivity index (χ1v) is 6.31. The third-order valence-corrected chi connectivity index (χ3v) is 3.23. The molecular formula is C10H12BrNOS. The standard InChI is InChI=1S/C10H12BrNOS/c1-7(14-2)10(13)12-9-5-3-4-8(11)6-9/h3-7H,1-2H3,(H,12,13)/t7-/m0/s1. The summed E-state index contributed by atoms with van der Waals surface area (Å²) in [5.74, 6) is 0.0376. The summed E-state index contributed by atoms with van der Waals surface area (Å²) in [4.78, 5) is 11.5. The zero-order valence-corrected chi connectivity index (χ0v) is 10.5. The molecule has 0 unspecified atom stereocenters. The molecule has 1 rings (SSSR count). The van der Waals surface area contributed by atoms with E-state index in [2.05, 4.69) is 21.2 Å². The summed E-state index contributed by atoms with van der Waals surface area (Å²) in [6, 6.07) is 7.57. The molecule has 76 valence electrons. The van der Waals surface area contributed by atoms with Gasteiger partial charge in [0.25, 0.3) is 0 Å². The van der Waals surface area contributed by atoms with Crippen LogP contribution in [0.25, 0.3) is 0 Å². The number of hydrogen-bond acceptors (Lipinski definition) is 2. The number of halogens is 1. The van der Waals surface area contributed by atoms with E-state index in [1.807, 2.05) is 37.4 Å². The molecule has 1 amide bonds. The van der Waals surface area contributed by atoms with Crippen LogP contribution in [0.5, 0.6) is 0 Å². The predicted molar refractivity (Wildman–Crippen MR) is 65.7 cm³/mol. The highest BCUT2D eigenvalue weighted by atomic mass is 79.9. The molecule has 1 aromatic carbocycles. The molecule has 14 heavy (non-hydrogen) atoms. The van der Waals surface area contributed by atoms with Crippen LogP contribution in [0, 0.1) is 0 Å². The first kappa shape index (κ1) is 11.6. The lowest BCUT2D eigenvalue weighted by Crippen LogP contribution is -2.21. The van der Waals surface area contributed by atoms with Gasteiger partial charge >= 0.3 is 0 Å². The first-order valence-electron chi connectivity index (χ1n) is 4.22. The van der Waals surface area contributed by atoms with Gasteiger partial charge < -0.3 is 5.32 Å². The highest BCUT2D eigenvalue weighted by Gasteiger charge is 2.10. The van der Waals surface area contributed by atoms with E-state index in [0.717, 1.165) is 10.2 Å². The Morgan fingerprint density at radius 3 is 2.86 bits per heavy atom. The van der Waals surface area contributed by atoms with Crippen molar-refractivity contribution in [2.45, 2.75) is 12.2 Å². The number of amides is 1. The van der Waals surface area contributed by atoms with Gasteiger partial charge in [-0.15, -0.1) is 0 Å². The number of hydrogen-bond donors (Lipinski definition) is 1. The van der Waals surface area contributed by atoms with E-state index in [1.54, 1.807) is 0 Å². The Balaban J connectivity index is 2.65. The van der Waals surface area contributed by atoms with Crippen LogP contribution in [0.4, 0.5) is 5.69 Å². The average molecular weight is 274 g/mol. The third-order valence-electron chi connectivity index (χ3n) is 1.81. The van der Waals surface area contributed by atoms with Gasteiger partial charge in [0, 0.05) is 10.2 Å². The second kappa shape index (κ2) is 5.41. The van der Waals surface area contributed by atoms with Gasteiger partial charge in [-0.05, 0) is 31.4 Å². The van der Waals surface area contributed by atoms with Crippen LogP contribution in [0.2, 0.25) is 0 Å². The van der Waals surface area contributed by atoms with E-state index in [4.69, 9.17) is 0 Å². The molecule has 1 aromatic rings. The highest BCUT2D eigenvalue weighted by Crippen LogP contribution is 2.17. The van der Waals surface area contributed by atoms with Gasteiger partial charge in [-0.3, -0.25) is 4.79 Å². The zero-order valence-electron chi connectivity index (χ0n) is 8.08. The topological polar surface area (TPSA) is 29.1 Å². The van der Waals surface area contributed by atoms with Crippen molar-refractivity contribution in [3.8, 4) is 0 Å². The van der Waals surface area contributed by atoms with Crippen LogP contribution < -0.4 is 5.32 Å². The SMILES string of the molecule is CS[C@@H](C)C(=O)Nc1cccc(Br)c1. The van der Waals surface area contributed by atoms with Crippen molar-refractivity contribution in [3.63, 3.8) is 0 Å². The van der Waals surface area contributed by atoms with Gasteiger partial charge in [0.1, 0.15) is 0 Å². The zero-order chi connectivity index (χ0) is 10.6. The number of carbonyl (C=O) groups is 1. The molecular weight excluding hydrogens is 262 g/mol. The number of nitrogens with one attached hydrogen (secondary N) is 1. The van der Waals surface area contributed by atoms with Crippen LogP contribution in [-0.4, -0.2) is 17.4 Å². The molecule has 0 saturated heterocycles. The highest BCUT2D eigenvalue weighted by molar-refractivity contribution is 9.10. The van der Waals surface area contributed by atoms with Gasteiger partial charge in [0.05, 0.1) is 5.25 Å². The van der Waals surface area contributed by atoms with Gasteiger partial charge in [-0.25, -0.2) is 0 Å². The number of carbonyl (C=O) groups excluding carboxylic acids is 1. The molecule has 0 aliphatic rings. The Morgan fingerprint density at radius 1 is 1.57 bits per heavy atom. The number of anilines is 1. The molecule has 0 saturated carbocycles. The fourth-order valence-electron chi connectivity index (χ4n) is 0.917. The molecule has 0 aromatic heterocycles. The van der Waals surface area contributed by atoms with Gasteiger partial charge in [0.2, 0.25) is 5.91 Å². The predicted octanol–water partition coefficient (Wildman–Crippen LogP) is 3.14. The molecule has 0 radical (unpaired) electrons. The third kappa shape index (κ3) is 3.35. The maximum atomic E-state index is 11.5.